The lowest BCUT2D eigenvalue weighted by atomic mass is 9.80. The second-order valence-corrected chi connectivity index (χ2v) is 4.67. The molecule has 0 heterocycles. The quantitative estimate of drug-likeness (QED) is 0.792. The second kappa shape index (κ2) is 5.02. The van der Waals surface area contributed by atoms with Crippen LogP contribution in [0.4, 0.5) is 15.8 Å². The van der Waals surface area contributed by atoms with Gasteiger partial charge < -0.3 is 20.5 Å². The minimum atomic E-state index is -0.376. The van der Waals surface area contributed by atoms with Gasteiger partial charge in [-0.25, -0.2) is 4.39 Å². The van der Waals surface area contributed by atoms with Crippen LogP contribution >= 0.6 is 0 Å². The molecular formula is C13H19FN2O2. The Balaban J connectivity index is 2.09. The Morgan fingerprint density at radius 3 is 2.61 bits per heavy atom. The summed E-state index contributed by atoms with van der Waals surface area (Å²) in [4.78, 5) is 0. The maximum absolute atomic E-state index is 13.7. The molecule has 100 valence electrons. The van der Waals surface area contributed by atoms with E-state index in [9.17, 15) is 4.39 Å². The number of rotatable bonds is 5. The molecule has 1 fully saturated rings. The summed E-state index contributed by atoms with van der Waals surface area (Å²) >= 11 is 0. The number of nitrogens with two attached hydrogens (primary N) is 1. The maximum atomic E-state index is 13.7. The van der Waals surface area contributed by atoms with Gasteiger partial charge in [-0.2, -0.15) is 0 Å². The Morgan fingerprint density at radius 1 is 1.39 bits per heavy atom. The van der Waals surface area contributed by atoms with Crippen LogP contribution in [0, 0.1) is 5.82 Å². The zero-order chi connectivity index (χ0) is 13.2. The number of hydrogen-bond donors (Lipinski definition) is 2. The van der Waals surface area contributed by atoms with Crippen LogP contribution in [0.1, 0.15) is 19.3 Å². The van der Waals surface area contributed by atoms with Crippen molar-refractivity contribution in [1.29, 1.82) is 0 Å². The fourth-order valence-electron chi connectivity index (χ4n) is 2.16. The third-order valence-corrected chi connectivity index (χ3v) is 3.62. The molecule has 0 aromatic heterocycles. The molecular weight excluding hydrogens is 235 g/mol. The van der Waals surface area contributed by atoms with E-state index in [0.29, 0.717) is 23.7 Å². The minimum absolute atomic E-state index is 0.152. The molecule has 3 N–H and O–H groups in total. The van der Waals surface area contributed by atoms with Gasteiger partial charge >= 0.3 is 0 Å². The summed E-state index contributed by atoms with van der Waals surface area (Å²) in [7, 11) is 3.21. The van der Waals surface area contributed by atoms with E-state index < -0.39 is 0 Å². The lowest BCUT2D eigenvalue weighted by Crippen LogP contribution is -2.45. The first-order valence-corrected chi connectivity index (χ1v) is 6.02. The summed E-state index contributed by atoms with van der Waals surface area (Å²) in [5.74, 6) is 0.0952. The Labute approximate surface area is 106 Å². The van der Waals surface area contributed by atoms with Crippen LogP contribution in [-0.4, -0.2) is 26.4 Å². The highest BCUT2D eigenvalue weighted by Gasteiger charge is 2.36. The van der Waals surface area contributed by atoms with Gasteiger partial charge in [0.05, 0.1) is 24.1 Å². The first kappa shape index (κ1) is 13.0. The molecule has 18 heavy (non-hydrogen) atoms. The van der Waals surface area contributed by atoms with Crippen LogP contribution in [0.3, 0.4) is 0 Å². The lowest BCUT2D eigenvalue weighted by molar-refractivity contribution is -0.0601. The molecule has 1 aromatic rings. The summed E-state index contributed by atoms with van der Waals surface area (Å²) in [6.45, 7) is 0.591. The van der Waals surface area contributed by atoms with E-state index in [1.165, 1.54) is 13.2 Å². The van der Waals surface area contributed by atoms with Crippen molar-refractivity contribution in [3.63, 3.8) is 0 Å². The van der Waals surface area contributed by atoms with Crippen molar-refractivity contribution in [2.75, 3.05) is 31.8 Å². The van der Waals surface area contributed by atoms with Gasteiger partial charge in [-0.3, -0.25) is 0 Å². The number of anilines is 2. The minimum Gasteiger partial charge on any atom is -0.495 e. The van der Waals surface area contributed by atoms with Gasteiger partial charge in [0.15, 0.2) is 0 Å². The van der Waals surface area contributed by atoms with Crippen molar-refractivity contribution in [3.05, 3.63) is 17.9 Å². The molecule has 1 aromatic carbocycles. The van der Waals surface area contributed by atoms with Gasteiger partial charge in [0.25, 0.3) is 0 Å². The molecule has 0 radical (unpaired) electrons. The maximum Gasteiger partial charge on any atom is 0.148 e. The number of hydrogen-bond acceptors (Lipinski definition) is 4. The van der Waals surface area contributed by atoms with Crippen LogP contribution in [-0.2, 0) is 4.74 Å². The third kappa shape index (κ3) is 2.36. The zero-order valence-corrected chi connectivity index (χ0v) is 10.8. The molecule has 2 rings (SSSR count). The number of nitrogens with one attached hydrogen (secondary N) is 1. The van der Waals surface area contributed by atoms with Crippen molar-refractivity contribution >= 4 is 11.4 Å². The van der Waals surface area contributed by atoms with E-state index in [4.69, 9.17) is 15.2 Å². The average Bonchev–Trinajstić information content (AvgIpc) is 2.30. The molecule has 0 amide bonds. The highest BCUT2D eigenvalue weighted by atomic mass is 19.1. The van der Waals surface area contributed by atoms with Gasteiger partial charge in [-0.05, 0) is 19.3 Å². The van der Waals surface area contributed by atoms with Crippen LogP contribution in [0.15, 0.2) is 12.1 Å². The molecule has 0 saturated heterocycles. The van der Waals surface area contributed by atoms with Gasteiger partial charge in [0.2, 0.25) is 0 Å². The van der Waals surface area contributed by atoms with E-state index in [1.54, 1.807) is 13.2 Å². The molecule has 0 aliphatic heterocycles. The standard InChI is InChI=1S/C13H19FN2O2/c1-17-12-7-11(9(14)6-10(12)15)16-8-13(18-2)4-3-5-13/h6-7,16H,3-5,8,15H2,1-2H3. The lowest BCUT2D eigenvalue weighted by Gasteiger charge is -2.40. The molecule has 0 bridgehead atoms. The molecule has 1 aliphatic carbocycles. The van der Waals surface area contributed by atoms with Crippen molar-refractivity contribution in [1.82, 2.24) is 0 Å². The van der Waals surface area contributed by atoms with E-state index in [2.05, 4.69) is 5.32 Å². The summed E-state index contributed by atoms with van der Waals surface area (Å²) in [5, 5.41) is 3.07. The number of nitrogen functional groups attached to an aromatic ring is 1. The fourth-order valence-corrected chi connectivity index (χ4v) is 2.16. The molecule has 1 saturated carbocycles. The second-order valence-electron chi connectivity index (χ2n) is 4.67. The van der Waals surface area contributed by atoms with Crippen LogP contribution in [0.2, 0.25) is 0 Å². The van der Waals surface area contributed by atoms with E-state index in [-0.39, 0.29) is 11.4 Å². The molecule has 5 heteroatoms. The predicted molar refractivity (Wildman–Crippen MR) is 69.4 cm³/mol. The molecule has 0 unspecified atom stereocenters. The van der Waals surface area contributed by atoms with Crippen molar-refractivity contribution in [3.8, 4) is 5.75 Å². The van der Waals surface area contributed by atoms with Crippen molar-refractivity contribution < 1.29 is 13.9 Å². The summed E-state index contributed by atoms with van der Waals surface area (Å²) in [6, 6.07) is 2.84. The Bertz CT molecular complexity index is 428. The summed E-state index contributed by atoms with van der Waals surface area (Å²) in [6.07, 6.45) is 3.16. The topological polar surface area (TPSA) is 56.5 Å². The van der Waals surface area contributed by atoms with Crippen LogP contribution in [0.5, 0.6) is 5.75 Å². The fraction of sp³-hybridized carbons (Fsp3) is 0.538. The smallest absolute Gasteiger partial charge is 0.148 e. The molecule has 0 atom stereocenters. The van der Waals surface area contributed by atoms with E-state index in [0.717, 1.165) is 19.3 Å². The van der Waals surface area contributed by atoms with Gasteiger partial charge in [-0.1, -0.05) is 0 Å². The SMILES string of the molecule is COc1cc(NCC2(OC)CCC2)c(F)cc1N. The van der Waals surface area contributed by atoms with E-state index >= 15 is 0 Å². The third-order valence-electron chi connectivity index (χ3n) is 3.62. The first-order valence-electron chi connectivity index (χ1n) is 6.02. The van der Waals surface area contributed by atoms with Crippen molar-refractivity contribution in [2.24, 2.45) is 0 Å². The Kier molecular flexibility index (Phi) is 3.61. The number of benzene rings is 1. The summed E-state index contributed by atoms with van der Waals surface area (Å²) < 4.78 is 24.3. The largest absolute Gasteiger partial charge is 0.495 e. The number of ether oxygens (including phenoxy) is 2. The van der Waals surface area contributed by atoms with Crippen LogP contribution < -0.4 is 15.8 Å². The normalized spacial score (nSPS) is 17.1. The molecule has 4 nitrogen and oxygen atoms in total. The van der Waals surface area contributed by atoms with Gasteiger partial charge in [-0.15, -0.1) is 0 Å². The highest BCUT2D eigenvalue weighted by Crippen LogP contribution is 2.36. The zero-order valence-electron chi connectivity index (χ0n) is 10.8. The first-order chi connectivity index (χ1) is 8.60. The van der Waals surface area contributed by atoms with Crippen molar-refractivity contribution in [2.45, 2.75) is 24.9 Å². The average molecular weight is 254 g/mol. The number of halogens is 1. The molecule has 0 spiro atoms. The Hall–Kier alpha value is -1.49. The monoisotopic (exact) mass is 254 g/mol. The Morgan fingerprint density at radius 2 is 2.11 bits per heavy atom. The molecule has 1 aliphatic rings. The highest BCUT2D eigenvalue weighted by molar-refractivity contribution is 5.62. The van der Waals surface area contributed by atoms with Gasteiger partial charge in [0, 0.05) is 25.8 Å². The van der Waals surface area contributed by atoms with Gasteiger partial charge in [0.1, 0.15) is 11.6 Å². The summed E-state index contributed by atoms with van der Waals surface area (Å²) in [5.41, 5.74) is 6.17. The number of methoxy groups -OCH3 is 2. The van der Waals surface area contributed by atoms with Crippen LogP contribution in [0.25, 0.3) is 0 Å². The predicted octanol–water partition coefficient (Wildman–Crippen LogP) is 2.40. The van der Waals surface area contributed by atoms with E-state index in [1.807, 2.05) is 0 Å².